The summed E-state index contributed by atoms with van der Waals surface area (Å²) in [4.78, 5) is 0. The van der Waals surface area contributed by atoms with Crippen LogP contribution in [0.3, 0.4) is 0 Å². The van der Waals surface area contributed by atoms with Crippen LogP contribution in [0.4, 0.5) is 0 Å². The van der Waals surface area contributed by atoms with E-state index in [0.29, 0.717) is 6.61 Å². The van der Waals surface area contributed by atoms with Crippen LogP contribution in [0, 0.1) is 0 Å². The van der Waals surface area contributed by atoms with Crippen molar-refractivity contribution in [2.24, 2.45) is 0 Å². The maximum absolute atomic E-state index is 6.20. The Morgan fingerprint density at radius 2 is 1.89 bits per heavy atom. The van der Waals surface area contributed by atoms with Crippen molar-refractivity contribution in [3.63, 3.8) is 0 Å². The van der Waals surface area contributed by atoms with Gasteiger partial charge in [0.1, 0.15) is 11.9 Å². The second kappa shape index (κ2) is 6.75. The Hall–Kier alpha value is -1.29. The van der Waals surface area contributed by atoms with E-state index in [1.807, 2.05) is 43.4 Å². The van der Waals surface area contributed by atoms with Crippen LogP contribution in [-0.4, -0.2) is 33.4 Å². The van der Waals surface area contributed by atoms with Crippen LogP contribution in [0.2, 0.25) is 5.02 Å². The number of ether oxygens (including phenoxy) is 2. The molecular weight excluding hydrogens is 262 g/mol. The van der Waals surface area contributed by atoms with Gasteiger partial charge in [-0.1, -0.05) is 35.9 Å². The number of halogens is 1. The van der Waals surface area contributed by atoms with E-state index < -0.39 is 0 Å². The van der Waals surface area contributed by atoms with Gasteiger partial charge in [-0.05, 0) is 19.2 Å². The average molecular weight is 280 g/mol. The molecule has 0 heterocycles. The zero-order valence-corrected chi connectivity index (χ0v) is 11.9. The molecule has 0 aromatic heterocycles. The molecule has 102 valence electrons. The quantitative estimate of drug-likeness (QED) is 0.881. The Morgan fingerprint density at radius 3 is 2.58 bits per heavy atom. The Bertz CT molecular complexity index is 539. The number of benzene rings is 2. The molecular formula is C15H18ClNO2. The first kappa shape index (κ1) is 14.1. The van der Waals surface area contributed by atoms with Crippen LogP contribution in [0.25, 0.3) is 10.8 Å². The molecule has 0 aliphatic carbocycles. The highest BCUT2D eigenvalue weighted by Gasteiger charge is 2.12. The van der Waals surface area contributed by atoms with Crippen molar-refractivity contribution < 1.29 is 9.47 Å². The highest BCUT2D eigenvalue weighted by atomic mass is 35.5. The van der Waals surface area contributed by atoms with E-state index in [1.54, 1.807) is 7.11 Å². The Balaban J connectivity index is 2.31. The first-order chi connectivity index (χ1) is 9.26. The number of hydrogen-bond acceptors (Lipinski definition) is 3. The topological polar surface area (TPSA) is 30.5 Å². The Labute approximate surface area is 118 Å². The minimum absolute atomic E-state index is 0.0282. The molecule has 0 fully saturated rings. The fourth-order valence-electron chi connectivity index (χ4n) is 2.07. The van der Waals surface area contributed by atoms with Crippen molar-refractivity contribution in [2.45, 2.75) is 6.10 Å². The lowest BCUT2D eigenvalue weighted by molar-refractivity contribution is 0.0829. The Morgan fingerprint density at radius 1 is 1.16 bits per heavy atom. The highest BCUT2D eigenvalue weighted by Crippen LogP contribution is 2.31. The maximum Gasteiger partial charge on any atom is 0.134 e. The molecule has 19 heavy (non-hydrogen) atoms. The van der Waals surface area contributed by atoms with Crippen LogP contribution >= 0.6 is 11.6 Å². The van der Waals surface area contributed by atoms with Gasteiger partial charge in [-0.2, -0.15) is 0 Å². The number of likely N-dealkylation sites (N-methyl/N-ethyl adjacent to an activating group) is 1. The van der Waals surface area contributed by atoms with E-state index in [4.69, 9.17) is 21.1 Å². The van der Waals surface area contributed by atoms with Gasteiger partial charge in [0.2, 0.25) is 0 Å². The van der Waals surface area contributed by atoms with Gasteiger partial charge >= 0.3 is 0 Å². The van der Waals surface area contributed by atoms with Crippen LogP contribution in [0.5, 0.6) is 5.75 Å². The molecule has 1 unspecified atom stereocenters. The summed E-state index contributed by atoms with van der Waals surface area (Å²) in [6.07, 6.45) is -0.0282. The maximum atomic E-state index is 6.20. The zero-order chi connectivity index (χ0) is 13.7. The Kier molecular flexibility index (Phi) is 5.02. The molecule has 0 radical (unpaired) electrons. The number of nitrogens with one attached hydrogen (secondary N) is 1. The molecule has 0 saturated carbocycles. The minimum Gasteiger partial charge on any atom is -0.486 e. The first-order valence-electron chi connectivity index (χ1n) is 6.23. The second-order valence-corrected chi connectivity index (χ2v) is 4.75. The third kappa shape index (κ3) is 3.38. The lowest BCUT2D eigenvalue weighted by Gasteiger charge is -2.19. The number of fused-ring (bicyclic) bond motifs is 1. The molecule has 0 amide bonds. The lowest BCUT2D eigenvalue weighted by Crippen LogP contribution is -2.33. The summed E-state index contributed by atoms with van der Waals surface area (Å²) in [6, 6.07) is 11.7. The van der Waals surface area contributed by atoms with Gasteiger partial charge in [-0.25, -0.2) is 0 Å². The fourth-order valence-corrected chi connectivity index (χ4v) is 2.29. The molecule has 0 saturated heterocycles. The summed E-state index contributed by atoms with van der Waals surface area (Å²) in [5.74, 6) is 0.831. The molecule has 0 aliphatic heterocycles. The van der Waals surface area contributed by atoms with Crippen LogP contribution < -0.4 is 10.1 Å². The standard InChI is InChI=1S/C15H18ClNO2/c1-17-9-11(10-18-2)19-15-8-7-14(16)12-5-3-4-6-13(12)15/h3-8,11,17H,9-10H2,1-2H3. The summed E-state index contributed by atoms with van der Waals surface area (Å²) in [5, 5.41) is 5.86. The van der Waals surface area contributed by atoms with E-state index in [1.165, 1.54) is 0 Å². The third-order valence-corrected chi connectivity index (χ3v) is 3.24. The van der Waals surface area contributed by atoms with Gasteiger partial charge in [-0.3, -0.25) is 0 Å². The minimum atomic E-state index is -0.0282. The van der Waals surface area contributed by atoms with Gasteiger partial charge in [-0.15, -0.1) is 0 Å². The van der Waals surface area contributed by atoms with E-state index in [9.17, 15) is 0 Å². The number of hydrogen-bond donors (Lipinski definition) is 1. The molecule has 2 rings (SSSR count). The van der Waals surface area contributed by atoms with Gasteiger partial charge in [0.25, 0.3) is 0 Å². The predicted molar refractivity (Wildman–Crippen MR) is 79.2 cm³/mol. The van der Waals surface area contributed by atoms with Crippen molar-refractivity contribution in [1.29, 1.82) is 0 Å². The van der Waals surface area contributed by atoms with Crippen LogP contribution in [0.1, 0.15) is 0 Å². The SMILES string of the molecule is CNCC(COC)Oc1ccc(Cl)c2ccccc12. The van der Waals surface area contributed by atoms with E-state index in [-0.39, 0.29) is 6.10 Å². The van der Waals surface area contributed by atoms with E-state index in [2.05, 4.69) is 5.32 Å². The molecule has 3 nitrogen and oxygen atoms in total. The summed E-state index contributed by atoms with van der Waals surface area (Å²) in [6.45, 7) is 1.27. The van der Waals surface area contributed by atoms with Crippen molar-refractivity contribution in [3.8, 4) is 5.75 Å². The van der Waals surface area contributed by atoms with E-state index in [0.717, 1.165) is 28.1 Å². The molecule has 2 aromatic rings. The number of methoxy groups -OCH3 is 1. The first-order valence-corrected chi connectivity index (χ1v) is 6.61. The third-order valence-electron chi connectivity index (χ3n) is 2.91. The summed E-state index contributed by atoms with van der Waals surface area (Å²) in [7, 11) is 3.57. The fraction of sp³-hybridized carbons (Fsp3) is 0.333. The molecule has 4 heteroatoms. The van der Waals surface area contributed by atoms with Crippen LogP contribution in [-0.2, 0) is 4.74 Å². The van der Waals surface area contributed by atoms with E-state index >= 15 is 0 Å². The normalized spacial score (nSPS) is 12.6. The van der Waals surface area contributed by atoms with Gasteiger partial charge < -0.3 is 14.8 Å². The average Bonchev–Trinajstić information content (AvgIpc) is 2.43. The van der Waals surface area contributed by atoms with Crippen molar-refractivity contribution in [1.82, 2.24) is 5.32 Å². The molecule has 0 aliphatic rings. The van der Waals surface area contributed by atoms with Crippen LogP contribution in [0.15, 0.2) is 36.4 Å². The van der Waals surface area contributed by atoms with Gasteiger partial charge in [0.05, 0.1) is 6.61 Å². The molecule has 0 bridgehead atoms. The molecule has 1 N–H and O–H groups in total. The van der Waals surface area contributed by atoms with Gasteiger partial charge in [0.15, 0.2) is 0 Å². The van der Waals surface area contributed by atoms with Crippen molar-refractivity contribution in [3.05, 3.63) is 41.4 Å². The summed E-state index contributed by atoms with van der Waals surface area (Å²) in [5.41, 5.74) is 0. The largest absolute Gasteiger partial charge is 0.486 e. The highest BCUT2D eigenvalue weighted by molar-refractivity contribution is 6.35. The zero-order valence-electron chi connectivity index (χ0n) is 11.2. The van der Waals surface area contributed by atoms with Crippen molar-refractivity contribution in [2.75, 3.05) is 27.3 Å². The monoisotopic (exact) mass is 279 g/mol. The summed E-state index contributed by atoms with van der Waals surface area (Å²) < 4.78 is 11.2. The smallest absolute Gasteiger partial charge is 0.134 e. The molecule has 0 spiro atoms. The molecule has 2 aromatic carbocycles. The van der Waals surface area contributed by atoms with Gasteiger partial charge in [0, 0.05) is 29.4 Å². The number of rotatable bonds is 6. The second-order valence-electron chi connectivity index (χ2n) is 4.34. The molecule has 1 atom stereocenters. The van der Waals surface area contributed by atoms with Crippen molar-refractivity contribution >= 4 is 22.4 Å². The lowest BCUT2D eigenvalue weighted by atomic mass is 10.1. The summed E-state index contributed by atoms with van der Waals surface area (Å²) >= 11 is 6.20. The predicted octanol–water partition coefficient (Wildman–Crippen LogP) is 3.11.